The van der Waals surface area contributed by atoms with Crippen LogP contribution in [-0.4, -0.2) is 46.0 Å². The summed E-state index contributed by atoms with van der Waals surface area (Å²) in [6.45, 7) is 5.47. The van der Waals surface area contributed by atoms with E-state index in [1.54, 1.807) is 20.8 Å². The van der Waals surface area contributed by atoms with Crippen LogP contribution >= 0.6 is 0 Å². The Morgan fingerprint density at radius 3 is 1.59 bits per heavy atom. The number of allylic oxidation sites excluding steroid dienone is 1. The summed E-state index contributed by atoms with van der Waals surface area (Å²) in [5.74, 6) is -6.36. The van der Waals surface area contributed by atoms with Gasteiger partial charge in [-0.15, -0.1) is 0 Å². The summed E-state index contributed by atoms with van der Waals surface area (Å²) in [6, 6.07) is 18.4. The maximum absolute atomic E-state index is 14.1. The molecule has 8 nitrogen and oxygen atoms in total. The van der Waals surface area contributed by atoms with Gasteiger partial charge in [-0.3, -0.25) is 29.0 Å². The molecule has 0 spiro atoms. The zero-order valence-electron chi connectivity index (χ0n) is 22.1. The van der Waals surface area contributed by atoms with Gasteiger partial charge in [0.25, 0.3) is 0 Å². The van der Waals surface area contributed by atoms with Crippen molar-refractivity contribution in [2.24, 2.45) is 35.0 Å². The fraction of sp³-hybridized carbons (Fsp3) is 0.387. The second kappa shape index (κ2) is 9.00. The highest BCUT2D eigenvalue weighted by molar-refractivity contribution is 6.13. The molecule has 1 saturated carbocycles. The molecule has 3 fully saturated rings. The quantitative estimate of drug-likeness (QED) is 0.424. The number of likely N-dealkylation sites (tertiary alicyclic amines) is 2. The largest absolute Gasteiger partial charge is 0.463 e. The van der Waals surface area contributed by atoms with E-state index in [2.05, 4.69) is 0 Å². The van der Waals surface area contributed by atoms with Gasteiger partial charge in [0.2, 0.25) is 23.6 Å². The monoisotopic (exact) mass is 526 g/mol. The van der Waals surface area contributed by atoms with Crippen LogP contribution in [0.3, 0.4) is 0 Å². The van der Waals surface area contributed by atoms with Crippen LogP contribution in [0.15, 0.2) is 71.8 Å². The van der Waals surface area contributed by atoms with Gasteiger partial charge in [0.05, 0.1) is 43.4 Å². The van der Waals surface area contributed by atoms with E-state index in [4.69, 9.17) is 4.74 Å². The Morgan fingerprint density at radius 2 is 1.18 bits per heavy atom. The highest BCUT2D eigenvalue weighted by atomic mass is 16.5. The number of imide groups is 2. The van der Waals surface area contributed by atoms with Crippen LogP contribution in [0.5, 0.6) is 0 Å². The fourth-order valence-corrected chi connectivity index (χ4v) is 7.77. The number of hydrogen-bond acceptors (Lipinski definition) is 6. The van der Waals surface area contributed by atoms with Gasteiger partial charge >= 0.3 is 5.97 Å². The van der Waals surface area contributed by atoms with E-state index < -0.39 is 52.8 Å². The molecular weight excluding hydrogens is 496 g/mol. The molecule has 0 N–H and O–H groups in total. The van der Waals surface area contributed by atoms with Crippen molar-refractivity contribution >= 4 is 29.6 Å². The molecule has 5 aliphatic rings. The van der Waals surface area contributed by atoms with Crippen molar-refractivity contribution < 1.29 is 28.7 Å². The van der Waals surface area contributed by atoms with Gasteiger partial charge in [0.15, 0.2) is 0 Å². The smallest absolute Gasteiger partial charge is 0.334 e. The van der Waals surface area contributed by atoms with Gasteiger partial charge in [-0.1, -0.05) is 73.2 Å². The molecule has 2 aliphatic heterocycles. The minimum absolute atomic E-state index is 0.0967. The second-order valence-electron chi connectivity index (χ2n) is 11.1. The predicted octanol–water partition coefficient (Wildman–Crippen LogP) is 3.12. The number of benzene rings is 2. The first-order chi connectivity index (χ1) is 18.7. The molecule has 7 rings (SSSR count). The predicted molar refractivity (Wildman–Crippen MR) is 139 cm³/mol. The number of ether oxygens (including phenoxy) is 1. The molecule has 0 radical (unpaired) electrons. The van der Waals surface area contributed by atoms with Crippen molar-refractivity contribution in [1.29, 1.82) is 0 Å². The first kappa shape index (κ1) is 25.2. The Hall–Kier alpha value is -4.07. The van der Waals surface area contributed by atoms with E-state index in [1.165, 1.54) is 9.80 Å². The Kier molecular flexibility index (Phi) is 5.82. The maximum Gasteiger partial charge on any atom is 0.334 e. The molecule has 2 aromatic carbocycles. The normalized spacial score (nSPS) is 31.2. The Morgan fingerprint density at radius 1 is 0.744 bits per heavy atom. The Balaban J connectivity index is 1.47. The van der Waals surface area contributed by atoms with E-state index >= 15 is 0 Å². The van der Waals surface area contributed by atoms with Gasteiger partial charge in [-0.25, -0.2) is 4.79 Å². The van der Waals surface area contributed by atoms with Gasteiger partial charge < -0.3 is 4.74 Å². The highest BCUT2D eigenvalue weighted by Crippen LogP contribution is 2.68. The lowest BCUT2D eigenvalue weighted by Crippen LogP contribution is -2.61. The van der Waals surface area contributed by atoms with Crippen LogP contribution < -0.4 is 0 Å². The molecule has 2 aromatic rings. The number of carbonyl (C=O) groups excluding carboxylic acids is 5. The summed E-state index contributed by atoms with van der Waals surface area (Å²) in [6.07, 6.45) is 0. The minimum Gasteiger partial charge on any atom is -0.463 e. The van der Waals surface area contributed by atoms with Crippen LogP contribution in [0.2, 0.25) is 0 Å². The summed E-state index contributed by atoms with van der Waals surface area (Å²) < 4.78 is 5.42. The first-order valence-corrected chi connectivity index (χ1v) is 13.4. The molecule has 2 bridgehead atoms. The molecule has 0 aromatic heterocycles. The van der Waals surface area contributed by atoms with Gasteiger partial charge in [-0.05, 0) is 25.0 Å². The van der Waals surface area contributed by atoms with Crippen molar-refractivity contribution in [2.45, 2.75) is 33.9 Å². The minimum atomic E-state index is -1.36. The zero-order valence-corrected chi connectivity index (χ0v) is 22.1. The lowest BCUT2D eigenvalue weighted by Gasteiger charge is -2.55. The molecule has 200 valence electrons. The van der Waals surface area contributed by atoms with Crippen LogP contribution in [0.1, 0.15) is 31.9 Å². The molecule has 3 aliphatic carbocycles. The standard InChI is InChI=1S/C31H30N2O6/c1-4-39-30(38)23-17(2)20-21-24(28(36)32(26(21)34)15-18-11-7-5-8-12-18)31(23,3)25-22(20)27(35)33(29(25)37)16-19-13-9-6-10-14-19/h5-14,20-22,24-25H,4,15-16H2,1-3H3/t20?,21-,22-,24-,25+,31?/m1/s1. The molecule has 8 heteroatoms. The topological polar surface area (TPSA) is 101 Å². The molecule has 4 amide bonds. The summed E-state index contributed by atoms with van der Waals surface area (Å²) in [5, 5.41) is 0. The number of amides is 4. The third-order valence-electron chi connectivity index (χ3n) is 9.23. The highest BCUT2D eigenvalue weighted by Gasteiger charge is 2.76. The molecule has 2 saturated heterocycles. The molecule has 39 heavy (non-hydrogen) atoms. The fourth-order valence-electron chi connectivity index (χ4n) is 7.77. The average molecular weight is 527 g/mol. The van der Waals surface area contributed by atoms with Crippen molar-refractivity contribution in [1.82, 2.24) is 9.80 Å². The van der Waals surface area contributed by atoms with Crippen LogP contribution in [0, 0.1) is 35.0 Å². The Bertz CT molecular complexity index is 1350. The van der Waals surface area contributed by atoms with E-state index in [-0.39, 0.29) is 37.1 Å². The second-order valence-corrected chi connectivity index (χ2v) is 11.1. The molecule has 6 atom stereocenters. The maximum atomic E-state index is 14.1. The lowest BCUT2D eigenvalue weighted by molar-refractivity contribution is -0.155. The summed E-state index contributed by atoms with van der Waals surface area (Å²) in [5.41, 5.74) is 1.07. The van der Waals surface area contributed by atoms with Crippen molar-refractivity contribution in [3.63, 3.8) is 0 Å². The number of carbonyl (C=O) groups is 5. The number of esters is 1. The average Bonchev–Trinajstić information content (AvgIpc) is 3.32. The Labute approximate surface area is 226 Å². The van der Waals surface area contributed by atoms with Gasteiger partial charge in [-0.2, -0.15) is 0 Å². The molecule has 2 unspecified atom stereocenters. The zero-order chi connectivity index (χ0) is 27.6. The summed E-state index contributed by atoms with van der Waals surface area (Å²) in [7, 11) is 0. The SMILES string of the molecule is CCOC(=O)C1=C(C)C2[C@H]3C(=O)N(Cc4ccccc4)C(=O)[C@H]3C1(C)[C@H]1C(=O)N(Cc3ccccc3)C(=O)[C@H]21. The lowest BCUT2D eigenvalue weighted by atomic mass is 9.43. The summed E-state index contributed by atoms with van der Waals surface area (Å²) in [4.78, 5) is 71.9. The van der Waals surface area contributed by atoms with Crippen LogP contribution in [-0.2, 0) is 41.8 Å². The van der Waals surface area contributed by atoms with Gasteiger partial charge in [0, 0.05) is 16.9 Å². The van der Waals surface area contributed by atoms with E-state index in [9.17, 15) is 24.0 Å². The number of hydrogen-bond donors (Lipinski definition) is 0. The van der Waals surface area contributed by atoms with Gasteiger partial charge in [0.1, 0.15) is 0 Å². The van der Waals surface area contributed by atoms with Crippen molar-refractivity contribution in [3.05, 3.63) is 82.9 Å². The van der Waals surface area contributed by atoms with E-state index in [0.29, 0.717) is 5.57 Å². The third-order valence-corrected chi connectivity index (χ3v) is 9.23. The van der Waals surface area contributed by atoms with Crippen LogP contribution in [0.4, 0.5) is 0 Å². The first-order valence-electron chi connectivity index (χ1n) is 13.4. The number of nitrogens with zero attached hydrogens (tertiary/aromatic N) is 2. The van der Waals surface area contributed by atoms with E-state index in [1.807, 2.05) is 60.7 Å². The molecule has 2 heterocycles. The summed E-state index contributed by atoms with van der Waals surface area (Å²) >= 11 is 0. The molecular formula is C31H30N2O6. The van der Waals surface area contributed by atoms with Crippen molar-refractivity contribution in [3.8, 4) is 0 Å². The number of rotatable bonds is 6. The third kappa shape index (κ3) is 3.40. The van der Waals surface area contributed by atoms with E-state index in [0.717, 1.165) is 11.1 Å². The van der Waals surface area contributed by atoms with Crippen molar-refractivity contribution in [2.75, 3.05) is 6.61 Å². The van der Waals surface area contributed by atoms with Crippen LogP contribution in [0.25, 0.3) is 0 Å².